The van der Waals surface area contributed by atoms with Crippen LogP contribution in [0.1, 0.15) is 37.0 Å². The third-order valence-electron chi connectivity index (χ3n) is 5.03. The zero-order chi connectivity index (χ0) is 20.1. The van der Waals surface area contributed by atoms with Gasteiger partial charge in [-0.25, -0.2) is 13.4 Å². The van der Waals surface area contributed by atoms with E-state index in [-0.39, 0.29) is 10.8 Å². The van der Waals surface area contributed by atoms with Crippen molar-refractivity contribution in [3.8, 4) is 0 Å². The molecule has 0 bridgehead atoms. The maximum absolute atomic E-state index is 12.9. The minimum atomic E-state index is -3.52. The van der Waals surface area contributed by atoms with E-state index in [2.05, 4.69) is 24.1 Å². The van der Waals surface area contributed by atoms with Crippen LogP contribution in [0.15, 0.2) is 47.9 Å². The number of rotatable bonds is 7. The number of hydrogen-bond acceptors (Lipinski definition) is 4. The van der Waals surface area contributed by atoms with E-state index >= 15 is 0 Å². The lowest BCUT2D eigenvalue weighted by Gasteiger charge is -2.34. The summed E-state index contributed by atoms with van der Waals surface area (Å²) in [6.45, 7) is 6.58. The summed E-state index contributed by atoms with van der Waals surface area (Å²) in [6.07, 6.45) is 7.18. The minimum Gasteiger partial charge on any atom is -0.352 e. The number of amides is 1. The minimum absolute atomic E-state index is 0.199. The fourth-order valence-corrected chi connectivity index (χ4v) is 5.39. The van der Waals surface area contributed by atoms with Gasteiger partial charge in [0.15, 0.2) is 0 Å². The highest BCUT2D eigenvalue weighted by Gasteiger charge is 2.31. The molecule has 0 unspecified atom stereocenters. The zero-order valence-electron chi connectivity index (χ0n) is 16.4. The van der Waals surface area contributed by atoms with Gasteiger partial charge >= 0.3 is 0 Å². The summed E-state index contributed by atoms with van der Waals surface area (Å²) in [6, 6.07) is 6.21. The highest BCUT2D eigenvalue weighted by Crippen LogP contribution is 2.26. The van der Waals surface area contributed by atoms with Gasteiger partial charge in [0.25, 0.3) is 5.91 Å². The van der Waals surface area contributed by atoms with Crippen LogP contribution in [-0.4, -0.2) is 47.8 Å². The number of aromatic nitrogens is 2. The summed E-state index contributed by atoms with van der Waals surface area (Å²) in [5.74, 6) is 0.506. The molecule has 1 aromatic carbocycles. The van der Waals surface area contributed by atoms with Gasteiger partial charge in [0.05, 0.1) is 11.2 Å². The Hall–Kier alpha value is -2.19. The Morgan fingerprint density at radius 2 is 1.86 bits per heavy atom. The number of hydrogen-bond donors (Lipinski definition) is 1. The summed E-state index contributed by atoms with van der Waals surface area (Å²) in [5.41, 5.74) is 0.460. The highest BCUT2D eigenvalue weighted by molar-refractivity contribution is 7.89. The van der Waals surface area contributed by atoms with Crippen molar-refractivity contribution in [3.63, 3.8) is 0 Å². The van der Waals surface area contributed by atoms with Gasteiger partial charge in [0.2, 0.25) is 10.0 Å². The summed E-state index contributed by atoms with van der Waals surface area (Å²) >= 11 is 0. The number of carbonyl (C=O) groups is 1. The Bertz CT molecular complexity index is 869. The van der Waals surface area contributed by atoms with Crippen LogP contribution >= 0.6 is 0 Å². The van der Waals surface area contributed by atoms with Crippen molar-refractivity contribution in [1.82, 2.24) is 19.2 Å². The summed E-state index contributed by atoms with van der Waals surface area (Å²) in [4.78, 5) is 16.5. The number of aryl methyl sites for hydroxylation is 1. The summed E-state index contributed by atoms with van der Waals surface area (Å²) in [5, 5.41) is 2.86. The van der Waals surface area contributed by atoms with Crippen molar-refractivity contribution in [2.24, 2.45) is 11.8 Å². The number of carbonyl (C=O) groups excluding carboxylic acids is 1. The zero-order valence-corrected chi connectivity index (χ0v) is 17.2. The molecule has 1 saturated heterocycles. The van der Waals surface area contributed by atoms with Crippen LogP contribution in [0.25, 0.3) is 0 Å². The largest absolute Gasteiger partial charge is 0.352 e. The van der Waals surface area contributed by atoms with Gasteiger partial charge < -0.3 is 9.88 Å². The van der Waals surface area contributed by atoms with Crippen molar-refractivity contribution in [2.75, 3.05) is 19.6 Å². The normalized spacial score (nSPS) is 20.8. The molecular weight excluding hydrogens is 376 g/mol. The van der Waals surface area contributed by atoms with Gasteiger partial charge in [-0.2, -0.15) is 4.31 Å². The molecule has 1 aliphatic rings. The van der Waals surface area contributed by atoms with Crippen LogP contribution in [0, 0.1) is 11.8 Å². The van der Waals surface area contributed by atoms with Crippen molar-refractivity contribution in [3.05, 3.63) is 48.5 Å². The molecule has 152 valence electrons. The van der Waals surface area contributed by atoms with E-state index in [1.165, 1.54) is 12.1 Å². The second-order valence-corrected chi connectivity index (χ2v) is 9.64. The number of nitrogens with one attached hydrogen (secondary N) is 1. The predicted octanol–water partition coefficient (Wildman–Crippen LogP) is 2.37. The van der Waals surface area contributed by atoms with Crippen molar-refractivity contribution in [2.45, 2.75) is 38.1 Å². The SMILES string of the molecule is C[C@@H]1C[C@@H](C)CN(S(=O)(=O)c2ccc(C(=O)NCCCn3ccnc3)cc2)C1. The van der Waals surface area contributed by atoms with Crippen LogP contribution in [-0.2, 0) is 16.6 Å². The van der Waals surface area contributed by atoms with Crippen LogP contribution in [0.2, 0.25) is 0 Å². The molecule has 7 nitrogen and oxygen atoms in total. The van der Waals surface area contributed by atoms with E-state index in [4.69, 9.17) is 0 Å². The molecule has 2 aromatic rings. The molecule has 1 fully saturated rings. The maximum atomic E-state index is 12.9. The third-order valence-corrected chi connectivity index (χ3v) is 6.87. The molecule has 0 aliphatic carbocycles. The Kier molecular flexibility index (Phi) is 6.51. The third kappa shape index (κ3) is 4.99. The van der Waals surface area contributed by atoms with Crippen LogP contribution in [0.4, 0.5) is 0 Å². The first-order valence-electron chi connectivity index (χ1n) is 9.70. The van der Waals surface area contributed by atoms with Crippen LogP contribution in [0.5, 0.6) is 0 Å². The molecule has 0 spiro atoms. The van der Waals surface area contributed by atoms with Crippen molar-refractivity contribution >= 4 is 15.9 Å². The lowest BCUT2D eigenvalue weighted by Crippen LogP contribution is -2.42. The first kappa shape index (κ1) is 20.5. The molecule has 0 radical (unpaired) electrons. The van der Waals surface area contributed by atoms with Gasteiger partial charge in [-0.15, -0.1) is 0 Å². The number of benzene rings is 1. The second kappa shape index (κ2) is 8.87. The monoisotopic (exact) mass is 404 g/mol. The van der Waals surface area contributed by atoms with Crippen molar-refractivity contribution < 1.29 is 13.2 Å². The number of imidazole rings is 1. The molecule has 3 rings (SSSR count). The average molecular weight is 405 g/mol. The summed E-state index contributed by atoms with van der Waals surface area (Å²) in [7, 11) is -3.52. The molecule has 2 atom stereocenters. The fourth-order valence-electron chi connectivity index (χ4n) is 3.71. The molecule has 1 aromatic heterocycles. The molecule has 8 heteroatoms. The van der Waals surface area contributed by atoms with Crippen LogP contribution in [0.3, 0.4) is 0 Å². The van der Waals surface area contributed by atoms with Gasteiger partial charge in [-0.3, -0.25) is 4.79 Å². The Labute approximate surface area is 166 Å². The maximum Gasteiger partial charge on any atom is 0.251 e. The number of nitrogens with zero attached hydrogens (tertiary/aromatic N) is 3. The topological polar surface area (TPSA) is 84.3 Å². The first-order chi connectivity index (χ1) is 13.4. The smallest absolute Gasteiger partial charge is 0.251 e. The standard InChI is InChI=1S/C20H28N4O3S/c1-16-12-17(2)14-24(13-16)28(26,27)19-6-4-18(5-7-19)20(25)22-8-3-10-23-11-9-21-15-23/h4-7,9,11,15-17H,3,8,10,12-14H2,1-2H3,(H,22,25)/t16-,17-/m1/s1. The van der Waals surface area contributed by atoms with E-state index in [1.807, 2.05) is 10.8 Å². The second-order valence-electron chi connectivity index (χ2n) is 7.70. The van der Waals surface area contributed by atoms with Gasteiger partial charge in [0, 0.05) is 44.1 Å². The van der Waals surface area contributed by atoms with E-state index in [1.54, 1.807) is 29.0 Å². The molecule has 1 N–H and O–H groups in total. The Balaban J connectivity index is 1.56. The van der Waals surface area contributed by atoms with Crippen molar-refractivity contribution in [1.29, 1.82) is 0 Å². The lowest BCUT2D eigenvalue weighted by atomic mass is 9.94. The van der Waals surface area contributed by atoms with E-state index in [0.29, 0.717) is 37.0 Å². The van der Waals surface area contributed by atoms with E-state index in [0.717, 1.165) is 19.4 Å². The molecule has 0 saturated carbocycles. The average Bonchev–Trinajstić information content (AvgIpc) is 3.18. The molecular formula is C20H28N4O3S. The highest BCUT2D eigenvalue weighted by atomic mass is 32.2. The number of piperidine rings is 1. The van der Waals surface area contributed by atoms with E-state index < -0.39 is 10.0 Å². The van der Waals surface area contributed by atoms with Gasteiger partial charge in [0.1, 0.15) is 0 Å². The fraction of sp³-hybridized carbons (Fsp3) is 0.500. The summed E-state index contributed by atoms with van der Waals surface area (Å²) < 4.78 is 29.3. The Morgan fingerprint density at radius 1 is 1.18 bits per heavy atom. The molecule has 28 heavy (non-hydrogen) atoms. The first-order valence-corrected chi connectivity index (χ1v) is 11.1. The molecule has 1 amide bonds. The van der Waals surface area contributed by atoms with Gasteiger partial charge in [-0.1, -0.05) is 13.8 Å². The number of sulfonamides is 1. The quantitative estimate of drug-likeness (QED) is 0.718. The predicted molar refractivity (Wildman–Crippen MR) is 107 cm³/mol. The molecule has 2 heterocycles. The van der Waals surface area contributed by atoms with Crippen LogP contribution < -0.4 is 5.32 Å². The lowest BCUT2D eigenvalue weighted by molar-refractivity contribution is 0.0952. The van der Waals surface area contributed by atoms with E-state index in [9.17, 15) is 13.2 Å². The van der Waals surface area contributed by atoms with Gasteiger partial charge in [-0.05, 0) is 48.9 Å². The Morgan fingerprint density at radius 3 is 2.46 bits per heavy atom. The molecule has 1 aliphatic heterocycles.